The molecule has 0 saturated carbocycles. The molecule has 0 fully saturated rings. The number of para-hydroxylation sites is 1. The van der Waals surface area contributed by atoms with Crippen LogP contribution in [0.15, 0.2) is 42.5 Å². The summed E-state index contributed by atoms with van der Waals surface area (Å²) in [7, 11) is 1.86. The number of fused-ring (bicyclic) bond motifs is 1. The molecular weight excluding hydrogens is 270 g/mol. The van der Waals surface area contributed by atoms with Gasteiger partial charge in [0, 0.05) is 11.5 Å². The number of aromatic nitrogens is 1. The Bertz CT molecular complexity index is 777. The number of carbonyl (C=O) groups is 1. The highest BCUT2D eigenvalue weighted by atomic mass is 16.8. The minimum Gasteiger partial charge on any atom is -0.575 e. The number of nitrogens with zero attached hydrogens (tertiary/aromatic N) is 1. The minimum absolute atomic E-state index is 0.0734. The van der Waals surface area contributed by atoms with Crippen molar-refractivity contribution in [1.82, 2.24) is 0 Å². The van der Waals surface area contributed by atoms with Gasteiger partial charge < -0.3 is 14.6 Å². The number of benzene rings is 1. The number of hydrogen-bond donors (Lipinski definition) is 0. The first-order valence-electron chi connectivity index (χ1n) is 6.60. The summed E-state index contributed by atoms with van der Waals surface area (Å²) < 4.78 is 12.1. The van der Waals surface area contributed by atoms with Gasteiger partial charge in [0.2, 0.25) is 5.52 Å². The molecule has 0 saturated heterocycles. The third-order valence-corrected chi connectivity index (χ3v) is 3.33. The van der Waals surface area contributed by atoms with Crippen molar-refractivity contribution in [3.8, 4) is 0 Å². The van der Waals surface area contributed by atoms with E-state index < -0.39 is 17.7 Å². The van der Waals surface area contributed by atoms with Crippen molar-refractivity contribution in [3.05, 3.63) is 48.0 Å². The predicted molar refractivity (Wildman–Crippen MR) is 73.3 cm³/mol. The van der Waals surface area contributed by atoms with E-state index in [1.165, 1.54) is 13.8 Å². The molecule has 2 aromatic rings. The van der Waals surface area contributed by atoms with E-state index >= 15 is 0 Å². The maximum absolute atomic E-state index is 12.1. The van der Waals surface area contributed by atoms with Gasteiger partial charge in [-0.2, -0.15) is 0 Å². The number of carbonyl (C=O) groups excluding carboxylic acids is 1. The largest absolute Gasteiger partial charge is 0.575 e. The summed E-state index contributed by atoms with van der Waals surface area (Å²) in [5.41, 5.74) is 1.41. The zero-order chi connectivity index (χ0) is 15.2. The number of ether oxygens (including phenoxy) is 2. The second kappa shape index (κ2) is 4.48. The van der Waals surface area contributed by atoms with Crippen LogP contribution in [0.5, 0.6) is 0 Å². The summed E-state index contributed by atoms with van der Waals surface area (Å²) in [5, 5.41) is 13.0. The lowest BCUT2D eigenvalue weighted by atomic mass is 10.1. The molecule has 0 N–H and O–H groups in total. The van der Waals surface area contributed by atoms with Crippen LogP contribution in [0.25, 0.3) is 16.5 Å². The zero-order valence-electron chi connectivity index (χ0n) is 12.0. The fraction of sp³-hybridized carbons (Fsp3) is 0.250. The number of aryl methyl sites for hydroxylation is 1. The lowest BCUT2D eigenvalue weighted by Gasteiger charge is -2.39. The number of cyclic esters (lactones) is 1. The quantitative estimate of drug-likeness (QED) is 0.579. The molecule has 1 aliphatic heterocycles. The van der Waals surface area contributed by atoms with Crippen LogP contribution in [0.4, 0.5) is 0 Å². The fourth-order valence-electron chi connectivity index (χ4n) is 2.44. The maximum atomic E-state index is 12.1. The molecule has 0 radical (unpaired) electrons. The Kier molecular flexibility index (Phi) is 2.86. The Labute approximate surface area is 122 Å². The molecular formula is C16H15NO4. The van der Waals surface area contributed by atoms with E-state index in [9.17, 15) is 9.90 Å². The number of pyridine rings is 1. The normalized spacial score (nSPS) is 17.6. The van der Waals surface area contributed by atoms with Gasteiger partial charge in [0.15, 0.2) is 12.0 Å². The lowest BCUT2D eigenvalue weighted by Crippen LogP contribution is -2.40. The molecule has 21 heavy (non-hydrogen) atoms. The molecule has 0 bridgehead atoms. The van der Waals surface area contributed by atoms with E-state index in [0.717, 1.165) is 10.9 Å². The van der Waals surface area contributed by atoms with Crippen LogP contribution in [-0.4, -0.2) is 11.8 Å². The highest BCUT2D eigenvalue weighted by molar-refractivity contribution is 6.17. The van der Waals surface area contributed by atoms with Gasteiger partial charge in [-0.25, -0.2) is 9.36 Å². The van der Waals surface area contributed by atoms with Crippen molar-refractivity contribution in [2.45, 2.75) is 19.6 Å². The Morgan fingerprint density at radius 1 is 1.19 bits per heavy atom. The van der Waals surface area contributed by atoms with E-state index in [2.05, 4.69) is 0 Å². The van der Waals surface area contributed by atoms with Crippen molar-refractivity contribution >= 4 is 22.4 Å². The molecule has 0 spiro atoms. The van der Waals surface area contributed by atoms with E-state index in [4.69, 9.17) is 9.47 Å². The van der Waals surface area contributed by atoms with E-state index in [-0.39, 0.29) is 5.57 Å². The predicted octanol–water partition coefficient (Wildman–Crippen LogP) is 1.00. The van der Waals surface area contributed by atoms with Crippen LogP contribution in [0, 0.1) is 0 Å². The van der Waals surface area contributed by atoms with Gasteiger partial charge in [-0.1, -0.05) is 12.1 Å². The first kappa shape index (κ1) is 13.4. The zero-order valence-corrected chi connectivity index (χ0v) is 12.0. The average Bonchev–Trinajstić information content (AvgIpc) is 2.36. The van der Waals surface area contributed by atoms with Gasteiger partial charge in [-0.3, -0.25) is 0 Å². The first-order chi connectivity index (χ1) is 9.87. The second-order valence-corrected chi connectivity index (χ2v) is 5.45. The molecule has 5 nitrogen and oxygen atoms in total. The number of esters is 1. The summed E-state index contributed by atoms with van der Waals surface area (Å²) in [5.74, 6) is -2.55. The van der Waals surface area contributed by atoms with Gasteiger partial charge in [-0.15, -0.1) is 0 Å². The SMILES string of the molecule is C[n+]1cc(C2=C([O-])OC(C)(C)OC2=O)cc2ccccc21. The summed E-state index contributed by atoms with van der Waals surface area (Å²) >= 11 is 0. The first-order valence-corrected chi connectivity index (χ1v) is 6.60. The summed E-state index contributed by atoms with van der Waals surface area (Å²) in [6.07, 6.45) is 1.72. The van der Waals surface area contributed by atoms with Gasteiger partial charge in [0.05, 0.1) is 17.1 Å². The second-order valence-electron chi connectivity index (χ2n) is 5.45. The summed E-state index contributed by atoms with van der Waals surface area (Å²) in [6, 6.07) is 9.50. The van der Waals surface area contributed by atoms with E-state index in [0.29, 0.717) is 5.56 Å². The van der Waals surface area contributed by atoms with Crippen LogP contribution in [0.1, 0.15) is 19.4 Å². The topological polar surface area (TPSA) is 62.5 Å². The van der Waals surface area contributed by atoms with Crippen molar-refractivity contribution in [2.24, 2.45) is 7.05 Å². The highest BCUT2D eigenvalue weighted by Crippen LogP contribution is 2.30. The third-order valence-electron chi connectivity index (χ3n) is 3.33. The van der Waals surface area contributed by atoms with Crippen LogP contribution >= 0.6 is 0 Å². The standard InChI is InChI=1S/C16H15NO4/c1-16(2)20-14(18)13(15(19)21-16)11-8-10-6-4-5-7-12(10)17(3)9-11/h4-9H,1-3H3. The Hall–Kier alpha value is -2.56. The van der Waals surface area contributed by atoms with Crippen LogP contribution in [0.3, 0.4) is 0 Å². The molecule has 2 heterocycles. The molecule has 0 unspecified atom stereocenters. The Morgan fingerprint density at radius 2 is 1.90 bits per heavy atom. The van der Waals surface area contributed by atoms with Crippen molar-refractivity contribution in [1.29, 1.82) is 0 Å². The molecule has 108 valence electrons. The van der Waals surface area contributed by atoms with Crippen LogP contribution in [0.2, 0.25) is 0 Å². The van der Waals surface area contributed by atoms with E-state index in [1.54, 1.807) is 12.3 Å². The van der Waals surface area contributed by atoms with Gasteiger partial charge in [0.25, 0.3) is 0 Å². The Balaban J connectivity index is 2.18. The molecule has 0 amide bonds. The highest BCUT2D eigenvalue weighted by Gasteiger charge is 2.31. The molecule has 0 atom stereocenters. The molecule has 1 aromatic carbocycles. The van der Waals surface area contributed by atoms with Crippen LogP contribution in [-0.2, 0) is 21.3 Å². The fourth-order valence-corrected chi connectivity index (χ4v) is 2.44. The minimum atomic E-state index is -1.23. The number of rotatable bonds is 1. The smallest absolute Gasteiger partial charge is 0.342 e. The molecule has 1 aromatic heterocycles. The van der Waals surface area contributed by atoms with Crippen molar-refractivity contribution in [2.75, 3.05) is 0 Å². The molecule has 1 aliphatic rings. The number of hydrogen-bond acceptors (Lipinski definition) is 4. The molecule has 5 heteroatoms. The van der Waals surface area contributed by atoms with Crippen molar-refractivity contribution in [3.63, 3.8) is 0 Å². The third kappa shape index (κ3) is 2.31. The monoisotopic (exact) mass is 285 g/mol. The van der Waals surface area contributed by atoms with Gasteiger partial charge in [0.1, 0.15) is 7.05 Å². The molecule has 0 aliphatic carbocycles. The van der Waals surface area contributed by atoms with Crippen LogP contribution < -0.4 is 9.67 Å². The van der Waals surface area contributed by atoms with E-state index in [1.807, 2.05) is 35.9 Å². The Morgan fingerprint density at radius 3 is 2.62 bits per heavy atom. The van der Waals surface area contributed by atoms with Gasteiger partial charge in [-0.05, 0) is 26.0 Å². The maximum Gasteiger partial charge on any atom is 0.342 e. The summed E-state index contributed by atoms with van der Waals surface area (Å²) in [4.78, 5) is 12.1. The summed E-state index contributed by atoms with van der Waals surface area (Å²) in [6.45, 7) is 3.06. The molecule has 3 rings (SSSR count). The van der Waals surface area contributed by atoms with Crippen molar-refractivity contribution < 1.29 is 23.9 Å². The lowest BCUT2D eigenvalue weighted by molar-refractivity contribution is -0.645. The van der Waals surface area contributed by atoms with Gasteiger partial charge >= 0.3 is 5.97 Å². The average molecular weight is 285 g/mol.